The SMILES string of the molecule is Cl.O=C(Cc1ccccc1)N1CCC(C2CCCN2)CC1. The van der Waals surface area contributed by atoms with Crippen LogP contribution in [0.3, 0.4) is 0 Å². The Kier molecular flexibility index (Phi) is 6.07. The highest BCUT2D eigenvalue weighted by Crippen LogP contribution is 2.25. The second-order valence-electron chi connectivity index (χ2n) is 6.08. The van der Waals surface area contributed by atoms with Crippen molar-refractivity contribution >= 4 is 18.3 Å². The van der Waals surface area contributed by atoms with Gasteiger partial charge in [-0.05, 0) is 43.7 Å². The number of hydrogen-bond donors (Lipinski definition) is 1. The fraction of sp³-hybridized carbons (Fsp3) is 0.588. The molecule has 2 saturated heterocycles. The lowest BCUT2D eigenvalue weighted by Crippen LogP contribution is -2.43. The first kappa shape index (κ1) is 16.3. The van der Waals surface area contributed by atoms with Crippen molar-refractivity contribution in [1.82, 2.24) is 10.2 Å². The second kappa shape index (κ2) is 7.81. The average Bonchev–Trinajstić information content (AvgIpc) is 3.03. The van der Waals surface area contributed by atoms with Crippen molar-refractivity contribution in [3.63, 3.8) is 0 Å². The van der Waals surface area contributed by atoms with E-state index >= 15 is 0 Å². The van der Waals surface area contributed by atoms with Crippen molar-refractivity contribution in [3.05, 3.63) is 35.9 Å². The minimum Gasteiger partial charge on any atom is -0.342 e. The molecule has 0 radical (unpaired) electrons. The van der Waals surface area contributed by atoms with Gasteiger partial charge in [0.25, 0.3) is 0 Å². The molecular formula is C17H25ClN2O. The molecular weight excluding hydrogens is 284 g/mol. The van der Waals surface area contributed by atoms with E-state index in [1.807, 2.05) is 30.3 Å². The van der Waals surface area contributed by atoms with E-state index in [9.17, 15) is 4.79 Å². The number of nitrogens with zero attached hydrogens (tertiary/aromatic N) is 1. The molecule has 1 N–H and O–H groups in total. The van der Waals surface area contributed by atoms with Crippen molar-refractivity contribution in [1.29, 1.82) is 0 Å². The van der Waals surface area contributed by atoms with E-state index in [4.69, 9.17) is 0 Å². The van der Waals surface area contributed by atoms with Gasteiger partial charge in [0.1, 0.15) is 0 Å². The predicted molar refractivity (Wildman–Crippen MR) is 87.7 cm³/mol. The van der Waals surface area contributed by atoms with Gasteiger partial charge >= 0.3 is 0 Å². The third kappa shape index (κ3) is 4.21. The first-order valence-corrected chi connectivity index (χ1v) is 7.88. The van der Waals surface area contributed by atoms with Crippen LogP contribution in [0.25, 0.3) is 0 Å². The molecule has 0 bridgehead atoms. The highest BCUT2D eigenvalue weighted by Gasteiger charge is 2.29. The molecule has 0 aliphatic carbocycles. The van der Waals surface area contributed by atoms with Crippen molar-refractivity contribution in [2.45, 2.75) is 38.1 Å². The number of nitrogens with one attached hydrogen (secondary N) is 1. The third-order valence-corrected chi connectivity index (χ3v) is 4.76. The zero-order valence-corrected chi connectivity index (χ0v) is 13.3. The molecule has 4 heteroatoms. The topological polar surface area (TPSA) is 32.3 Å². The van der Waals surface area contributed by atoms with Crippen LogP contribution in [-0.4, -0.2) is 36.5 Å². The zero-order chi connectivity index (χ0) is 13.8. The number of likely N-dealkylation sites (tertiary alicyclic amines) is 1. The minimum atomic E-state index is 0. The lowest BCUT2D eigenvalue weighted by molar-refractivity contribution is -0.132. The van der Waals surface area contributed by atoms with Gasteiger partial charge < -0.3 is 10.2 Å². The monoisotopic (exact) mass is 308 g/mol. The summed E-state index contributed by atoms with van der Waals surface area (Å²) < 4.78 is 0. The number of carbonyl (C=O) groups excluding carboxylic acids is 1. The molecule has 2 fully saturated rings. The molecule has 0 saturated carbocycles. The normalized spacial score (nSPS) is 22.9. The number of halogens is 1. The molecule has 1 aromatic rings. The molecule has 1 unspecified atom stereocenters. The Morgan fingerprint density at radius 2 is 1.86 bits per heavy atom. The van der Waals surface area contributed by atoms with E-state index in [-0.39, 0.29) is 18.3 Å². The molecule has 2 heterocycles. The van der Waals surface area contributed by atoms with Crippen LogP contribution < -0.4 is 5.32 Å². The lowest BCUT2D eigenvalue weighted by atomic mass is 9.88. The molecule has 1 amide bonds. The van der Waals surface area contributed by atoms with Crippen LogP contribution in [0.1, 0.15) is 31.2 Å². The van der Waals surface area contributed by atoms with Crippen LogP contribution in [0.15, 0.2) is 30.3 Å². The van der Waals surface area contributed by atoms with Crippen molar-refractivity contribution in [2.24, 2.45) is 5.92 Å². The van der Waals surface area contributed by atoms with Gasteiger partial charge in [0.15, 0.2) is 0 Å². The molecule has 2 aliphatic rings. The molecule has 1 atom stereocenters. The largest absolute Gasteiger partial charge is 0.342 e. The van der Waals surface area contributed by atoms with Crippen LogP contribution in [-0.2, 0) is 11.2 Å². The number of carbonyl (C=O) groups is 1. The summed E-state index contributed by atoms with van der Waals surface area (Å²) in [6, 6.07) is 10.8. The van der Waals surface area contributed by atoms with E-state index in [0.29, 0.717) is 12.5 Å². The quantitative estimate of drug-likeness (QED) is 0.931. The van der Waals surface area contributed by atoms with E-state index in [1.54, 1.807) is 0 Å². The number of rotatable bonds is 3. The summed E-state index contributed by atoms with van der Waals surface area (Å²) in [6.07, 6.45) is 5.52. The first-order valence-electron chi connectivity index (χ1n) is 7.88. The van der Waals surface area contributed by atoms with Gasteiger partial charge in [0, 0.05) is 19.1 Å². The fourth-order valence-electron chi connectivity index (χ4n) is 3.55. The van der Waals surface area contributed by atoms with Crippen LogP contribution in [0.5, 0.6) is 0 Å². The van der Waals surface area contributed by atoms with Crippen molar-refractivity contribution in [3.8, 4) is 0 Å². The number of piperidine rings is 1. The maximum atomic E-state index is 12.3. The highest BCUT2D eigenvalue weighted by atomic mass is 35.5. The molecule has 1 aromatic carbocycles. The van der Waals surface area contributed by atoms with Gasteiger partial charge in [-0.2, -0.15) is 0 Å². The Hall–Kier alpha value is -1.06. The summed E-state index contributed by atoms with van der Waals surface area (Å²) in [5, 5.41) is 3.61. The van der Waals surface area contributed by atoms with Gasteiger partial charge in [-0.3, -0.25) is 4.79 Å². The summed E-state index contributed by atoms with van der Waals surface area (Å²) in [4.78, 5) is 14.4. The van der Waals surface area contributed by atoms with Gasteiger partial charge in [0.05, 0.1) is 6.42 Å². The van der Waals surface area contributed by atoms with E-state index in [0.717, 1.165) is 37.4 Å². The Balaban J connectivity index is 0.00000161. The van der Waals surface area contributed by atoms with Crippen molar-refractivity contribution in [2.75, 3.05) is 19.6 Å². The maximum Gasteiger partial charge on any atom is 0.226 e. The summed E-state index contributed by atoms with van der Waals surface area (Å²) in [7, 11) is 0. The Morgan fingerprint density at radius 3 is 2.48 bits per heavy atom. The van der Waals surface area contributed by atoms with Crippen LogP contribution in [0, 0.1) is 5.92 Å². The number of hydrogen-bond acceptors (Lipinski definition) is 2. The summed E-state index contributed by atoms with van der Waals surface area (Å²) >= 11 is 0. The summed E-state index contributed by atoms with van der Waals surface area (Å²) in [5.41, 5.74) is 1.12. The predicted octanol–water partition coefficient (Wildman–Crippen LogP) is 2.64. The molecule has 0 spiro atoms. The van der Waals surface area contributed by atoms with Crippen LogP contribution in [0.2, 0.25) is 0 Å². The zero-order valence-electron chi connectivity index (χ0n) is 12.5. The smallest absolute Gasteiger partial charge is 0.226 e. The minimum absolute atomic E-state index is 0. The first-order chi connectivity index (χ1) is 9.83. The van der Waals surface area contributed by atoms with Gasteiger partial charge in [-0.25, -0.2) is 0 Å². The maximum absolute atomic E-state index is 12.3. The fourth-order valence-corrected chi connectivity index (χ4v) is 3.55. The molecule has 21 heavy (non-hydrogen) atoms. The van der Waals surface area contributed by atoms with Gasteiger partial charge in [-0.1, -0.05) is 30.3 Å². The van der Waals surface area contributed by atoms with Gasteiger partial charge in [-0.15, -0.1) is 12.4 Å². The third-order valence-electron chi connectivity index (χ3n) is 4.76. The molecule has 0 aromatic heterocycles. The lowest BCUT2D eigenvalue weighted by Gasteiger charge is -2.35. The van der Waals surface area contributed by atoms with E-state index < -0.39 is 0 Å². The highest BCUT2D eigenvalue weighted by molar-refractivity contribution is 5.85. The van der Waals surface area contributed by atoms with Crippen molar-refractivity contribution < 1.29 is 4.79 Å². The Labute approximate surface area is 133 Å². The number of benzene rings is 1. The van der Waals surface area contributed by atoms with Crippen LogP contribution in [0.4, 0.5) is 0 Å². The average molecular weight is 309 g/mol. The molecule has 3 rings (SSSR count). The number of amides is 1. The molecule has 116 valence electrons. The summed E-state index contributed by atoms with van der Waals surface area (Å²) in [6.45, 7) is 3.06. The van der Waals surface area contributed by atoms with Gasteiger partial charge in [0.2, 0.25) is 5.91 Å². The molecule has 2 aliphatic heterocycles. The second-order valence-corrected chi connectivity index (χ2v) is 6.08. The van der Waals surface area contributed by atoms with E-state index in [2.05, 4.69) is 10.2 Å². The Morgan fingerprint density at radius 1 is 1.14 bits per heavy atom. The standard InChI is InChI=1S/C17H24N2O.ClH/c20-17(13-14-5-2-1-3-6-14)19-11-8-15(9-12-19)16-7-4-10-18-16;/h1-3,5-6,15-16,18H,4,7-13H2;1H. The van der Waals surface area contributed by atoms with E-state index in [1.165, 1.54) is 19.4 Å². The molecule has 3 nitrogen and oxygen atoms in total. The Bertz CT molecular complexity index is 437. The summed E-state index contributed by atoms with van der Waals surface area (Å²) in [5.74, 6) is 1.06. The van der Waals surface area contributed by atoms with Crippen LogP contribution >= 0.6 is 12.4 Å².